The minimum absolute atomic E-state index is 0.0772. The number of aliphatic carboxylic acids is 1. The van der Waals surface area contributed by atoms with Crippen molar-refractivity contribution in [3.8, 4) is 11.8 Å². The second-order valence-electron chi connectivity index (χ2n) is 9.32. The SMILES string of the molecule is CC(C)c1ccc(CCNS(=O)(=O)c2cc(C#N)ccc2O)c(NC(=O)C2OC(C)(C)OC2C(=O)O)c1. The number of sulfonamides is 1. The fourth-order valence-corrected chi connectivity index (χ4v) is 4.97. The summed E-state index contributed by atoms with van der Waals surface area (Å²) >= 11 is 0. The van der Waals surface area contributed by atoms with E-state index in [1.807, 2.05) is 26.0 Å². The van der Waals surface area contributed by atoms with Gasteiger partial charge in [0.25, 0.3) is 5.91 Å². The molecule has 1 saturated heterocycles. The molecule has 0 bridgehead atoms. The van der Waals surface area contributed by atoms with Crippen LogP contribution in [0.2, 0.25) is 0 Å². The number of hydrogen-bond acceptors (Lipinski definition) is 8. The third-order valence-electron chi connectivity index (χ3n) is 5.72. The predicted molar refractivity (Wildman–Crippen MR) is 132 cm³/mol. The first-order valence-electron chi connectivity index (χ1n) is 11.5. The zero-order valence-corrected chi connectivity index (χ0v) is 21.6. The largest absolute Gasteiger partial charge is 0.507 e. The number of anilines is 1. The quantitative estimate of drug-likeness (QED) is 0.379. The zero-order valence-electron chi connectivity index (χ0n) is 20.8. The molecule has 37 heavy (non-hydrogen) atoms. The normalized spacial score (nSPS) is 18.9. The van der Waals surface area contributed by atoms with Gasteiger partial charge in [0.1, 0.15) is 10.6 Å². The molecule has 0 aliphatic carbocycles. The third kappa shape index (κ3) is 6.64. The highest BCUT2D eigenvalue weighted by atomic mass is 32.2. The first-order chi connectivity index (χ1) is 17.2. The molecule has 0 saturated carbocycles. The predicted octanol–water partition coefficient (Wildman–Crippen LogP) is 2.45. The highest BCUT2D eigenvalue weighted by Gasteiger charge is 2.49. The molecule has 12 heteroatoms. The number of carbonyl (C=O) groups excluding carboxylic acids is 1. The molecule has 2 unspecified atom stereocenters. The van der Waals surface area contributed by atoms with Gasteiger partial charge in [-0.05, 0) is 61.6 Å². The molecule has 11 nitrogen and oxygen atoms in total. The van der Waals surface area contributed by atoms with Gasteiger partial charge < -0.3 is 25.0 Å². The second-order valence-corrected chi connectivity index (χ2v) is 11.1. The maximum atomic E-state index is 13.0. The fraction of sp³-hybridized carbons (Fsp3) is 0.400. The van der Waals surface area contributed by atoms with E-state index >= 15 is 0 Å². The van der Waals surface area contributed by atoms with Gasteiger partial charge in [-0.1, -0.05) is 26.0 Å². The van der Waals surface area contributed by atoms with E-state index in [1.165, 1.54) is 19.9 Å². The summed E-state index contributed by atoms with van der Waals surface area (Å²) in [6, 6.07) is 10.7. The Morgan fingerprint density at radius 1 is 1.14 bits per heavy atom. The molecule has 2 atom stereocenters. The molecule has 198 valence electrons. The Morgan fingerprint density at radius 2 is 1.81 bits per heavy atom. The highest BCUT2D eigenvalue weighted by Crippen LogP contribution is 2.30. The highest BCUT2D eigenvalue weighted by molar-refractivity contribution is 7.89. The van der Waals surface area contributed by atoms with Gasteiger partial charge >= 0.3 is 5.97 Å². The Kier molecular flexibility index (Phi) is 8.24. The van der Waals surface area contributed by atoms with Crippen molar-refractivity contribution < 1.29 is 37.7 Å². The van der Waals surface area contributed by atoms with Crippen molar-refractivity contribution in [3.05, 3.63) is 53.1 Å². The summed E-state index contributed by atoms with van der Waals surface area (Å²) in [7, 11) is -4.13. The van der Waals surface area contributed by atoms with Crippen LogP contribution < -0.4 is 10.0 Å². The molecule has 1 aliphatic rings. The maximum absolute atomic E-state index is 13.0. The molecule has 1 fully saturated rings. The number of aromatic hydroxyl groups is 1. The van der Waals surface area contributed by atoms with Crippen molar-refractivity contribution in [3.63, 3.8) is 0 Å². The Labute approximate surface area is 215 Å². The molecule has 1 heterocycles. The van der Waals surface area contributed by atoms with Crippen LogP contribution in [0.4, 0.5) is 5.69 Å². The number of carboxylic acids is 1. The van der Waals surface area contributed by atoms with Gasteiger partial charge in [-0.15, -0.1) is 0 Å². The summed E-state index contributed by atoms with van der Waals surface area (Å²) in [5.41, 5.74) is 1.94. The monoisotopic (exact) mass is 531 g/mol. The lowest BCUT2D eigenvalue weighted by Crippen LogP contribution is -2.40. The standard InChI is InChI=1S/C25H29N3O8S/c1-14(2)17-7-6-16(9-10-27-37(33,34)20-11-15(13-26)5-8-19(20)29)18(12-17)28-23(30)21-22(24(31)32)36-25(3,4)35-21/h5-8,11-12,14,21-22,27,29H,9-10H2,1-4H3,(H,28,30)(H,31,32). The first-order valence-corrected chi connectivity index (χ1v) is 13.0. The summed E-state index contributed by atoms with van der Waals surface area (Å²) in [4.78, 5) is 24.2. The van der Waals surface area contributed by atoms with E-state index in [0.717, 1.165) is 17.7 Å². The summed E-state index contributed by atoms with van der Waals surface area (Å²) in [6.07, 6.45) is -2.73. The number of amides is 1. The lowest BCUT2D eigenvalue weighted by molar-refractivity contribution is -0.166. The van der Waals surface area contributed by atoms with Gasteiger partial charge in [-0.25, -0.2) is 17.9 Å². The van der Waals surface area contributed by atoms with Crippen molar-refractivity contribution in [2.45, 2.75) is 62.9 Å². The number of nitriles is 1. The van der Waals surface area contributed by atoms with Crippen molar-refractivity contribution in [1.82, 2.24) is 4.72 Å². The number of carboxylic acid groups (broad SMARTS) is 1. The van der Waals surface area contributed by atoms with Gasteiger partial charge in [-0.3, -0.25) is 4.79 Å². The topological polar surface area (TPSA) is 175 Å². The summed E-state index contributed by atoms with van der Waals surface area (Å²) in [6.45, 7) is 6.87. The Hall–Kier alpha value is -3.50. The van der Waals surface area contributed by atoms with E-state index in [-0.39, 0.29) is 24.4 Å². The number of nitrogens with zero attached hydrogens (tertiary/aromatic N) is 1. The fourth-order valence-electron chi connectivity index (χ4n) is 3.82. The van der Waals surface area contributed by atoms with Crippen LogP contribution in [0.25, 0.3) is 0 Å². The number of hydrogen-bond donors (Lipinski definition) is 4. The molecule has 1 aliphatic heterocycles. The van der Waals surface area contributed by atoms with E-state index in [9.17, 15) is 28.2 Å². The molecule has 4 N–H and O–H groups in total. The lowest BCUT2D eigenvalue weighted by atomic mass is 9.98. The van der Waals surface area contributed by atoms with Crippen LogP contribution in [-0.2, 0) is 35.5 Å². The molecule has 0 aromatic heterocycles. The lowest BCUT2D eigenvalue weighted by Gasteiger charge is -2.19. The maximum Gasteiger partial charge on any atom is 0.336 e. The molecule has 3 rings (SSSR count). The number of nitrogens with one attached hydrogen (secondary N) is 2. The van der Waals surface area contributed by atoms with Gasteiger partial charge in [0.15, 0.2) is 18.0 Å². The summed E-state index contributed by atoms with van der Waals surface area (Å²) in [5, 5.41) is 31.2. The van der Waals surface area contributed by atoms with Crippen LogP contribution in [0.3, 0.4) is 0 Å². The van der Waals surface area contributed by atoms with Crippen LogP contribution in [-0.4, -0.2) is 55.0 Å². The smallest absolute Gasteiger partial charge is 0.336 e. The van der Waals surface area contributed by atoms with Crippen molar-refractivity contribution in [2.24, 2.45) is 0 Å². The third-order valence-corrected chi connectivity index (χ3v) is 7.21. The summed E-state index contributed by atoms with van der Waals surface area (Å²) < 4.78 is 38.7. The Balaban J connectivity index is 1.80. The van der Waals surface area contributed by atoms with Gasteiger partial charge in [0.05, 0.1) is 11.6 Å². The van der Waals surface area contributed by atoms with Crippen LogP contribution >= 0.6 is 0 Å². The Bertz CT molecular complexity index is 1350. The number of benzene rings is 2. The van der Waals surface area contributed by atoms with Crippen LogP contribution in [0.1, 0.15) is 50.3 Å². The minimum Gasteiger partial charge on any atom is -0.507 e. The molecule has 0 radical (unpaired) electrons. The van der Waals surface area contributed by atoms with E-state index in [2.05, 4.69) is 10.0 Å². The first kappa shape index (κ1) is 28.1. The van der Waals surface area contributed by atoms with E-state index in [1.54, 1.807) is 12.1 Å². The minimum atomic E-state index is -4.13. The Morgan fingerprint density at radius 3 is 2.43 bits per heavy atom. The van der Waals surface area contributed by atoms with Crippen molar-refractivity contribution in [1.29, 1.82) is 5.26 Å². The average molecular weight is 532 g/mol. The number of phenols is 1. The zero-order chi connectivity index (χ0) is 27.5. The van der Waals surface area contributed by atoms with Crippen LogP contribution in [0, 0.1) is 11.3 Å². The number of phenolic OH excluding ortho intramolecular Hbond substituents is 1. The van der Waals surface area contributed by atoms with Crippen LogP contribution in [0.15, 0.2) is 41.3 Å². The average Bonchev–Trinajstić information content (AvgIpc) is 3.16. The van der Waals surface area contributed by atoms with Crippen molar-refractivity contribution in [2.75, 3.05) is 11.9 Å². The summed E-state index contributed by atoms with van der Waals surface area (Å²) in [5.74, 6) is -3.68. The van der Waals surface area contributed by atoms with Gasteiger partial charge in [0, 0.05) is 12.2 Å². The van der Waals surface area contributed by atoms with Gasteiger partial charge in [-0.2, -0.15) is 5.26 Å². The number of carbonyl (C=O) groups is 2. The van der Waals surface area contributed by atoms with E-state index < -0.39 is 50.5 Å². The molecule has 2 aromatic carbocycles. The van der Waals surface area contributed by atoms with E-state index in [0.29, 0.717) is 11.3 Å². The van der Waals surface area contributed by atoms with E-state index in [4.69, 9.17) is 14.7 Å². The molecule has 0 spiro atoms. The molecule has 1 amide bonds. The molecule has 2 aromatic rings. The van der Waals surface area contributed by atoms with Crippen LogP contribution in [0.5, 0.6) is 5.75 Å². The van der Waals surface area contributed by atoms with Gasteiger partial charge in [0.2, 0.25) is 10.0 Å². The number of rotatable bonds is 9. The molecular weight excluding hydrogens is 502 g/mol. The molecular formula is C25H29N3O8S. The van der Waals surface area contributed by atoms with Crippen molar-refractivity contribution >= 4 is 27.6 Å². The second kappa shape index (κ2) is 10.9. The number of ether oxygens (including phenoxy) is 2.